The Balaban J connectivity index is 1.41. The van der Waals surface area contributed by atoms with E-state index in [1.165, 1.54) is 12.0 Å². The smallest absolute Gasteiger partial charge is 0.407 e. The summed E-state index contributed by atoms with van der Waals surface area (Å²) in [5, 5.41) is 6.90. The molecular weight excluding hydrogens is 348 g/mol. The Hall–Kier alpha value is -1.81. The first-order valence-electron chi connectivity index (χ1n) is 10.8. The highest BCUT2D eigenvalue weighted by atomic mass is 16.6. The SMILES string of the molecule is CC/C(=C\c1ccccc1)[C@@H]1C[C@H]1NC1CCC(NC(=O)OC(C)(C)C)CC1. The summed E-state index contributed by atoms with van der Waals surface area (Å²) in [7, 11) is 0. The monoisotopic (exact) mass is 384 g/mol. The molecule has 0 aromatic heterocycles. The van der Waals surface area contributed by atoms with E-state index in [1.807, 2.05) is 20.8 Å². The lowest BCUT2D eigenvalue weighted by Crippen LogP contribution is -2.44. The molecule has 2 fully saturated rings. The first kappa shape index (κ1) is 20.9. The molecule has 2 aliphatic carbocycles. The van der Waals surface area contributed by atoms with Gasteiger partial charge in [-0.25, -0.2) is 4.79 Å². The van der Waals surface area contributed by atoms with Gasteiger partial charge in [-0.1, -0.05) is 48.9 Å². The van der Waals surface area contributed by atoms with E-state index in [1.54, 1.807) is 5.57 Å². The lowest BCUT2D eigenvalue weighted by Gasteiger charge is -2.30. The molecule has 0 spiro atoms. The Morgan fingerprint density at radius 3 is 2.36 bits per heavy atom. The van der Waals surface area contributed by atoms with Crippen molar-refractivity contribution in [3.05, 3.63) is 41.5 Å². The van der Waals surface area contributed by atoms with Crippen LogP contribution in [0.15, 0.2) is 35.9 Å². The zero-order valence-corrected chi connectivity index (χ0v) is 17.8. The maximum atomic E-state index is 11.9. The Morgan fingerprint density at radius 1 is 1.11 bits per heavy atom. The van der Waals surface area contributed by atoms with Gasteiger partial charge in [0.05, 0.1) is 0 Å². The molecule has 1 aromatic rings. The Morgan fingerprint density at radius 2 is 1.75 bits per heavy atom. The number of rotatable bonds is 6. The van der Waals surface area contributed by atoms with Crippen molar-refractivity contribution in [1.29, 1.82) is 0 Å². The zero-order valence-electron chi connectivity index (χ0n) is 17.8. The summed E-state index contributed by atoms with van der Waals surface area (Å²) in [5.74, 6) is 0.683. The number of alkyl carbamates (subject to hydrolysis) is 1. The fraction of sp³-hybridized carbons (Fsp3) is 0.625. The van der Waals surface area contributed by atoms with Gasteiger partial charge in [-0.3, -0.25) is 0 Å². The second kappa shape index (κ2) is 9.13. The van der Waals surface area contributed by atoms with Crippen LogP contribution in [0.1, 0.15) is 71.8 Å². The highest BCUT2D eigenvalue weighted by Gasteiger charge is 2.40. The van der Waals surface area contributed by atoms with Crippen LogP contribution < -0.4 is 10.6 Å². The van der Waals surface area contributed by atoms with Crippen molar-refractivity contribution < 1.29 is 9.53 Å². The number of hydrogen-bond acceptors (Lipinski definition) is 3. The lowest BCUT2D eigenvalue weighted by molar-refractivity contribution is 0.0489. The minimum Gasteiger partial charge on any atom is -0.444 e. The van der Waals surface area contributed by atoms with E-state index in [2.05, 4.69) is 54.0 Å². The van der Waals surface area contributed by atoms with Crippen molar-refractivity contribution in [2.75, 3.05) is 0 Å². The molecular formula is C24H36N2O2. The molecule has 4 nitrogen and oxygen atoms in total. The summed E-state index contributed by atoms with van der Waals surface area (Å²) in [4.78, 5) is 11.9. The van der Waals surface area contributed by atoms with E-state index in [0.29, 0.717) is 18.0 Å². The number of carbonyl (C=O) groups excluding carboxylic acids is 1. The fourth-order valence-corrected chi connectivity index (χ4v) is 4.21. The van der Waals surface area contributed by atoms with Crippen molar-refractivity contribution in [3.63, 3.8) is 0 Å². The fourth-order valence-electron chi connectivity index (χ4n) is 4.21. The summed E-state index contributed by atoms with van der Waals surface area (Å²) in [6.07, 6.45) is 8.73. The second-order valence-corrected chi connectivity index (χ2v) is 9.29. The topological polar surface area (TPSA) is 50.4 Å². The third-order valence-electron chi connectivity index (χ3n) is 5.72. The van der Waals surface area contributed by atoms with Crippen molar-refractivity contribution in [3.8, 4) is 0 Å². The Kier molecular flexibility index (Phi) is 6.82. The number of carbonyl (C=O) groups is 1. The van der Waals surface area contributed by atoms with Crippen LogP contribution in [0, 0.1) is 5.92 Å². The molecule has 0 bridgehead atoms. The van der Waals surface area contributed by atoms with Gasteiger partial charge in [0.2, 0.25) is 0 Å². The second-order valence-electron chi connectivity index (χ2n) is 9.29. The minimum atomic E-state index is -0.436. The number of hydrogen-bond donors (Lipinski definition) is 2. The quantitative estimate of drug-likeness (QED) is 0.700. The normalized spacial score (nSPS) is 27.9. The van der Waals surface area contributed by atoms with Crippen molar-refractivity contribution >= 4 is 12.2 Å². The summed E-state index contributed by atoms with van der Waals surface area (Å²) >= 11 is 0. The van der Waals surface area contributed by atoms with E-state index < -0.39 is 5.60 Å². The first-order valence-corrected chi connectivity index (χ1v) is 10.8. The maximum absolute atomic E-state index is 11.9. The van der Waals surface area contributed by atoms with E-state index in [0.717, 1.165) is 32.1 Å². The third-order valence-corrected chi connectivity index (χ3v) is 5.72. The molecule has 4 heteroatoms. The van der Waals surface area contributed by atoms with Crippen LogP contribution in [0.4, 0.5) is 4.79 Å². The first-order chi connectivity index (χ1) is 13.3. The van der Waals surface area contributed by atoms with Gasteiger partial charge in [0.1, 0.15) is 5.60 Å². The summed E-state index contributed by atoms with van der Waals surface area (Å²) in [6, 6.07) is 12.1. The molecule has 0 aliphatic heterocycles. The van der Waals surface area contributed by atoms with Crippen molar-refractivity contribution in [2.24, 2.45) is 5.92 Å². The lowest BCUT2D eigenvalue weighted by atomic mass is 9.91. The zero-order chi connectivity index (χ0) is 20.1. The molecule has 0 radical (unpaired) electrons. The number of nitrogens with one attached hydrogen (secondary N) is 2. The van der Waals surface area contributed by atoms with Gasteiger partial charge in [0.15, 0.2) is 0 Å². The molecule has 1 aromatic carbocycles. The molecule has 0 saturated heterocycles. The van der Waals surface area contributed by atoms with Crippen LogP contribution in [0.2, 0.25) is 0 Å². The van der Waals surface area contributed by atoms with Crippen molar-refractivity contribution in [1.82, 2.24) is 10.6 Å². The highest BCUT2D eigenvalue weighted by molar-refractivity contribution is 5.68. The number of ether oxygens (including phenoxy) is 1. The van der Waals surface area contributed by atoms with Gasteiger partial charge in [-0.2, -0.15) is 0 Å². The molecule has 0 unspecified atom stereocenters. The summed E-state index contributed by atoms with van der Waals surface area (Å²) in [5.41, 5.74) is 2.43. The predicted octanol–water partition coefficient (Wildman–Crippen LogP) is 5.29. The van der Waals surface area contributed by atoms with Crippen molar-refractivity contribution in [2.45, 2.75) is 89.9 Å². The van der Waals surface area contributed by atoms with Crippen LogP contribution >= 0.6 is 0 Å². The van der Waals surface area contributed by atoms with Gasteiger partial charge in [0.25, 0.3) is 0 Å². The van der Waals surface area contributed by atoms with Gasteiger partial charge >= 0.3 is 6.09 Å². The average molecular weight is 385 g/mol. The number of benzene rings is 1. The predicted molar refractivity (Wildman–Crippen MR) is 115 cm³/mol. The van der Waals surface area contributed by atoms with Crippen LogP contribution in [0.5, 0.6) is 0 Å². The maximum Gasteiger partial charge on any atom is 0.407 e. The van der Waals surface area contributed by atoms with E-state index >= 15 is 0 Å². The molecule has 2 saturated carbocycles. The summed E-state index contributed by atoms with van der Waals surface area (Å²) < 4.78 is 5.37. The van der Waals surface area contributed by atoms with Gasteiger partial charge in [-0.15, -0.1) is 0 Å². The van der Waals surface area contributed by atoms with Gasteiger partial charge < -0.3 is 15.4 Å². The number of amides is 1. The highest BCUT2D eigenvalue weighted by Crippen LogP contribution is 2.40. The van der Waals surface area contributed by atoms with E-state index in [4.69, 9.17) is 4.74 Å². The molecule has 3 rings (SSSR count). The van der Waals surface area contributed by atoms with E-state index in [-0.39, 0.29) is 12.1 Å². The molecule has 2 atom stereocenters. The average Bonchev–Trinajstić information content (AvgIpc) is 3.39. The van der Waals surface area contributed by atoms with Crippen LogP contribution in [0.3, 0.4) is 0 Å². The molecule has 1 amide bonds. The van der Waals surface area contributed by atoms with Gasteiger partial charge in [-0.05, 0) is 70.8 Å². The molecule has 0 heterocycles. The molecule has 2 N–H and O–H groups in total. The van der Waals surface area contributed by atoms with Crippen LogP contribution in [-0.2, 0) is 4.74 Å². The van der Waals surface area contributed by atoms with Gasteiger partial charge in [0, 0.05) is 18.1 Å². The minimum absolute atomic E-state index is 0.243. The molecule has 154 valence electrons. The molecule has 28 heavy (non-hydrogen) atoms. The standard InChI is InChI=1S/C24H36N2O2/c1-5-18(15-17-9-7-6-8-10-17)21-16-22(21)25-19-11-13-20(14-12-19)26-23(27)28-24(2,3)4/h6-10,15,19-22,25H,5,11-14,16H2,1-4H3,(H,26,27)/b18-15+/t19?,20?,21-,22+/m0/s1. The molecule has 2 aliphatic rings. The largest absolute Gasteiger partial charge is 0.444 e. The summed E-state index contributed by atoms with van der Waals surface area (Å²) in [6.45, 7) is 7.96. The Bertz CT molecular complexity index is 670. The third kappa shape index (κ3) is 6.37. The van der Waals surface area contributed by atoms with Crippen LogP contribution in [0.25, 0.3) is 6.08 Å². The Labute approximate surface area is 170 Å². The van der Waals surface area contributed by atoms with Crippen LogP contribution in [-0.4, -0.2) is 29.8 Å². The van der Waals surface area contributed by atoms with E-state index in [9.17, 15) is 4.79 Å².